The molecule has 0 saturated carbocycles. The number of rotatable bonds is 4. The number of benzene rings is 1. The van der Waals surface area contributed by atoms with Crippen molar-refractivity contribution in [2.24, 2.45) is 5.92 Å². The van der Waals surface area contributed by atoms with Crippen LogP contribution in [0.4, 0.5) is 0 Å². The van der Waals surface area contributed by atoms with Crippen LogP contribution in [0.5, 0.6) is 0 Å². The maximum Gasteiger partial charge on any atom is 0.263 e. The lowest BCUT2D eigenvalue weighted by Gasteiger charge is -2.32. The number of carbonyl (C=O) groups excluding carboxylic acids is 2. The van der Waals surface area contributed by atoms with Crippen molar-refractivity contribution in [3.8, 4) is 0 Å². The van der Waals surface area contributed by atoms with Gasteiger partial charge >= 0.3 is 0 Å². The molecule has 1 aromatic carbocycles. The van der Waals surface area contributed by atoms with Crippen LogP contribution in [0.3, 0.4) is 0 Å². The third kappa shape index (κ3) is 4.41. The lowest BCUT2D eigenvalue weighted by molar-refractivity contribution is -0.127. The molecule has 0 unspecified atom stereocenters. The van der Waals surface area contributed by atoms with Crippen molar-refractivity contribution < 1.29 is 9.59 Å². The predicted molar refractivity (Wildman–Crippen MR) is 101 cm³/mol. The van der Waals surface area contributed by atoms with Gasteiger partial charge in [-0.1, -0.05) is 29.8 Å². The molecule has 1 aliphatic rings. The molecular weight excluding hydrogens is 356 g/mol. The van der Waals surface area contributed by atoms with Crippen molar-refractivity contribution >= 4 is 34.8 Å². The molecule has 1 N–H and O–H groups in total. The van der Waals surface area contributed by atoms with Gasteiger partial charge in [-0.25, -0.2) is 0 Å². The Morgan fingerprint density at radius 1 is 1.28 bits per heavy atom. The molecule has 132 valence electrons. The van der Waals surface area contributed by atoms with Crippen molar-refractivity contribution in [1.29, 1.82) is 0 Å². The summed E-state index contributed by atoms with van der Waals surface area (Å²) in [7, 11) is 0. The number of hydrogen-bond acceptors (Lipinski definition) is 3. The van der Waals surface area contributed by atoms with E-state index in [4.69, 9.17) is 11.6 Å². The van der Waals surface area contributed by atoms with Gasteiger partial charge in [0.15, 0.2) is 0 Å². The van der Waals surface area contributed by atoms with Gasteiger partial charge in [-0.2, -0.15) is 0 Å². The predicted octanol–water partition coefficient (Wildman–Crippen LogP) is 4.13. The number of carbonyl (C=O) groups is 2. The fourth-order valence-electron chi connectivity index (χ4n) is 3.10. The number of hydrogen-bond donors (Lipinski definition) is 1. The van der Waals surface area contributed by atoms with E-state index in [1.807, 2.05) is 48.7 Å². The minimum atomic E-state index is -0.160. The van der Waals surface area contributed by atoms with Crippen molar-refractivity contribution in [2.45, 2.75) is 25.8 Å². The summed E-state index contributed by atoms with van der Waals surface area (Å²) < 4.78 is 0. The lowest BCUT2D eigenvalue weighted by atomic mass is 9.96. The highest BCUT2D eigenvalue weighted by atomic mass is 35.5. The van der Waals surface area contributed by atoms with Crippen molar-refractivity contribution in [3.05, 3.63) is 57.2 Å². The van der Waals surface area contributed by atoms with Gasteiger partial charge in [-0.15, -0.1) is 11.3 Å². The Bertz CT molecular complexity index is 730. The number of halogens is 1. The summed E-state index contributed by atoms with van der Waals surface area (Å²) in [5, 5.41) is 5.64. The monoisotopic (exact) mass is 376 g/mol. The first-order valence-electron chi connectivity index (χ1n) is 8.43. The van der Waals surface area contributed by atoms with E-state index in [0.29, 0.717) is 18.1 Å². The van der Waals surface area contributed by atoms with Gasteiger partial charge in [0, 0.05) is 18.1 Å². The van der Waals surface area contributed by atoms with Crippen LogP contribution in [0.15, 0.2) is 41.8 Å². The average molecular weight is 377 g/mol. The van der Waals surface area contributed by atoms with Crippen molar-refractivity contribution in [3.63, 3.8) is 0 Å². The number of nitrogens with zero attached hydrogens (tertiary/aromatic N) is 1. The SMILES string of the molecule is C[C@@H](NC(=O)[C@H]1CCCN(C(=O)c2cccs2)C1)c1ccc(Cl)cc1. The Kier molecular flexibility index (Phi) is 5.76. The zero-order valence-electron chi connectivity index (χ0n) is 14.1. The number of piperidine rings is 1. The summed E-state index contributed by atoms with van der Waals surface area (Å²) in [5.74, 6) is -0.128. The number of thiophene rings is 1. The highest BCUT2D eigenvalue weighted by Gasteiger charge is 2.29. The molecule has 0 radical (unpaired) electrons. The van der Waals surface area contributed by atoms with Crippen LogP contribution in [0.1, 0.15) is 41.0 Å². The Morgan fingerprint density at radius 3 is 2.72 bits per heavy atom. The first-order chi connectivity index (χ1) is 12.0. The molecule has 1 fully saturated rings. The second-order valence-electron chi connectivity index (χ2n) is 6.35. The van der Waals surface area contributed by atoms with E-state index in [1.54, 1.807) is 4.90 Å². The maximum atomic E-state index is 12.6. The molecule has 6 heteroatoms. The average Bonchev–Trinajstić information content (AvgIpc) is 3.16. The molecule has 25 heavy (non-hydrogen) atoms. The van der Waals surface area contributed by atoms with Crippen LogP contribution in [0.2, 0.25) is 5.02 Å². The summed E-state index contributed by atoms with van der Waals surface area (Å²) in [6, 6.07) is 11.1. The van der Waals surface area contributed by atoms with Gasteiger partial charge in [0.1, 0.15) is 0 Å². The van der Waals surface area contributed by atoms with Gasteiger partial charge in [-0.3, -0.25) is 9.59 Å². The summed E-state index contributed by atoms with van der Waals surface area (Å²) in [6.07, 6.45) is 1.66. The van der Waals surface area contributed by atoms with Gasteiger partial charge in [-0.05, 0) is 48.9 Å². The molecule has 0 bridgehead atoms. The molecule has 0 aliphatic carbocycles. The Labute approximate surface area is 156 Å². The van der Waals surface area contributed by atoms with E-state index >= 15 is 0 Å². The Balaban J connectivity index is 1.60. The maximum absolute atomic E-state index is 12.6. The first kappa shape index (κ1) is 18.0. The smallest absolute Gasteiger partial charge is 0.263 e. The standard InChI is InChI=1S/C19H21ClN2O2S/c1-13(14-6-8-16(20)9-7-14)21-18(23)15-4-2-10-22(12-15)19(24)17-5-3-11-25-17/h3,5-9,11,13,15H,2,4,10,12H2,1H3,(H,21,23)/t13-,15+/m1/s1. The summed E-state index contributed by atoms with van der Waals surface area (Å²) in [5.41, 5.74) is 1.01. The Hall–Kier alpha value is -1.85. The van der Waals surface area contributed by atoms with Crippen LogP contribution in [-0.2, 0) is 4.79 Å². The molecule has 2 heterocycles. The molecule has 3 rings (SSSR count). The van der Waals surface area contributed by atoms with Gasteiger partial charge in [0.25, 0.3) is 5.91 Å². The molecule has 4 nitrogen and oxygen atoms in total. The molecule has 1 aromatic heterocycles. The van der Waals surface area contributed by atoms with Crippen LogP contribution in [0.25, 0.3) is 0 Å². The van der Waals surface area contributed by atoms with E-state index in [1.165, 1.54) is 11.3 Å². The minimum Gasteiger partial charge on any atom is -0.349 e. The summed E-state index contributed by atoms with van der Waals surface area (Å²) in [6.45, 7) is 3.15. The second kappa shape index (κ2) is 8.02. The van der Waals surface area contributed by atoms with E-state index in [9.17, 15) is 9.59 Å². The Morgan fingerprint density at radius 2 is 2.04 bits per heavy atom. The molecule has 2 aromatic rings. The van der Waals surface area contributed by atoms with Crippen LogP contribution >= 0.6 is 22.9 Å². The van der Waals surface area contributed by atoms with Crippen LogP contribution in [-0.4, -0.2) is 29.8 Å². The highest BCUT2D eigenvalue weighted by Crippen LogP contribution is 2.22. The van der Waals surface area contributed by atoms with Crippen molar-refractivity contribution in [1.82, 2.24) is 10.2 Å². The molecule has 2 atom stereocenters. The fourth-order valence-corrected chi connectivity index (χ4v) is 3.91. The molecule has 1 saturated heterocycles. The normalized spacial score (nSPS) is 18.6. The fraction of sp³-hybridized carbons (Fsp3) is 0.368. The van der Waals surface area contributed by atoms with Crippen LogP contribution < -0.4 is 5.32 Å². The number of nitrogens with one attached hydrogen (secondary N) is 1. The van der Waals surface area contributed by atoms with Crippen LogP contribution in [0, 0.1) is 5.92 Å². The van der Waals surface area contributed by atoms with E-state index in [-0.39, 0.29) is 23.8 Å². The number of amides is 2. The molecular formula is C19H21ClN2O2S. The van der Waals surface area contributed by atoms with Crippen molar-refractivity contribution in [2.75, 3.05) is 13.1 Å². The summed E-state index contributed by atoms with van der Waals surface area (Å²) >= 11 is 7.35. The third-order valence-corrected chi connectivity index (χ3v) is 5.65. The summed E-state index contributed by atoms with van der Waals surface area (Å²) in [4.78, 5) is 27.7. The van der Waals surface area contributed by atoms with Gasteiger partial charge in [0.2, 0.25) is 5.91 Å². The van der Waals surface area contributed by atoms with E-state index < -0.39 is 0 Å². The molecule has 1 aliphatic heterocycles. The zero-order valence-corrected chi connectivity index (χ0v) is 15.6. The first-order valence-corrected chi connectivity index (χ1v) is 9.69. The third-order valence-electron chi connectivity index (χ3n) is 4.54. The molecule has 2 amide bonds. The topological polar surface area (TPSA) is 49.4 Å². The van der Waals surface area contributed by atoms with Gasteiger partial charge < -0.3 is 10.2 Å². The second-order valence-corrected chi connectivity index (χ2v) is 7.73. The lowest BCUT2D eigenvalue weighted by Crippen LogP contribution is -2.45. The van der Waals surface area contributed by atoms with E-state index in [0.717, 1.165) is 23.3 Å². The van der Waals surface area contributed by atoms with Gasteiger partial charge in [0.05, 0.1) is 16.8 Å². The van der Waals surface area contributed by atoms with E-state index in [2.05, 4.69) is 5.32 Å². The number of likely N-dealkylation sites (tertiary alicyclic amines) is 1. The minimum absolute atomic E-state index is 0.00568. The molecule has 0 spiro atoms. The zero-order chi connectivity index (χ0) is 17.8. The highest BCUT2D eigenvalue weighted by molar-refractivity contribution is 7.12. The largest absolute Gasteiger partial charge is 0.349 e. The quantitative estimate of drug-likeness (QED) is 0.872.